The fourth-order valence-corrected chi connectivity index (χ4v) is 3.29. The number of carbonyl (C=O) groups is 1. The summed E-state index contributed by atoms with van der Waals surface area (Å²) < 4.78 is 78.0. The van der Waals surface area contributed by atoms with Crippen LogP contribution < -0.4 is 5.32 Å². The third-order valence-corrected chi connectivity index (χ3v) is 4.85. The van der Waals surface area contributed by atoms with Crippen molar-refractivity contribution in [3.05, 3.63) is 106 Å². The zero-order valence-corrected chi connectivity index (χ0v) is 16.7. The van der Waals surface area contributed by atoms with Crippen molar-refractivity contribution in [2.45, 2.75) is 25.2 Å². The molecular weight excluding hydrogens is 432 g/mol. The Balaban J connectivity index is 1.72. The van der Waals surface area contributed by atoms with E-state index in [9.17, 15) is 31.1 Å². The van der Waals surface area contributed by atoms with E-state index in [1.165, 1.54) is 0 Å². The van der Waals surface area contributed by atoms with Gasteiger partial charge in [0.2, 0.25) is 0 Å². The molecule has 0 unspecified atom stereocenters. The van der Waals surface area contributed by atoms with E-state index < -0.39 is 29.4 Å². The standard InChI is InChI=1S/C24H19F6NO/c25-23(26,27)19-13-17(14-20(15-19)24(28,29)30)10-11-31-22(32)21-9-5-4-8-18(21)12-16-6-2-1-3-7-16/h1-9,13-15H,10-12H2,(H,31,32). The fraction of sp³-hybridized carbons (Fsp3) is 0.208. The van der Waals surface area contributed by atoms with Crippen molar-refractivity contribution < 1.29 is 31.1 Å². The number of hydrogen-bond acceptors (Lipinski definition) is 1. The SMILES string of the molecule is O=C(NCCc1cc(C(F)(F)F)cc(C(F)(F)F)c1)c1ccccc1Cc1ccccc1. The summed E-state index contributed by atoms with van der Waals surface area (Å²) in [7, 11) is 0. The minimum Gasteiger partial charge on any atom is -0.352 e. The average Bonchev–Trinajstić information content (AvgIpc) is 2.73. The molecule has 0 bridgehead atoms. The predicted octanol–water partition coefficient (Wildman–Crippen LogP) is 6.29. The number of nitrogens with one attached hydrogen (secondary N) is 1. The molecule has 0 spiro atoms. The first-order valence-corrected chi connectivity index (χ1v) is 9.72. The number of rotatable bonds is 6. The lowest BCUT2D eigenvalue weighted by molar-refractivity contribution is -0.143. The second-order valence-corrected chi connectivity index (χ2v) is 7.24. The fourth-order valence-electron chi connectivity index (χ4n) is 3.29. The van der Waals surface area contributed by atoms with Crippen molar-refractivity contribution in [3.8, 4) is 0 Å². The Morgan fingerprint density at radius 3 is 1.88 bits per heavy atom. The normalized spacial score (nSPS) is 11.9. The first-order chi connectivity index (χ1) is 15.0. The van der Waals surface area contributed by atoms with Crippen LogP contribution in [0, 0.1) is 0 Å². The summed E-state index contributed by atoms with van der Waals surface area (Å²) >= 11 is 0. The average molecular weight is 451 g/mol. The summed E-state index contributed by atoms with van der Waals surface area (Å²) in [5.74, 6) is -0.445. The maximum atomic E-state index is 13.0. The molecule has 3 aromatic carbocycles. The topological polar surface area (TPSA) is 29.1 Å². The molecule has 168 valence electrons. The summed E-state index contributed by atoms with van der Waals surface area (Å²) in [6.45, 7) is -0.114. The second kappa shape index (κ2) is 9.46. The van der Waals surface area contributed by atoms with Gasteiger partial charge in [-0.05, 0) is 53.8 Å². The van der Waals surface area contributed by atoms with Crippen LogP contribution in [-0.4, -0.2) is 12.5 Å². The first kappa shape index (κ1) is 23.4. The van der Waals surface area contributed by atoms with Crippen LogP contribution in [0.3, 0.4) is 0 Å². The van der Waals surface area contributed by atoms with Gasteiger partial charge in [-0.25, -0.2) is 0 Å². The third kappa shape index (κ3) is 6.12. The summed E-state index contributed by atoms with van der Waals surface area (Å²) in [4.78, 5) is 12.6. The van der Waals surface area contributed by atoms with Gasteiger partial charge in [0.1, 0.15) is 0 Å². The van der Waals surface area contributed by atoms with Crippen molar-refractivity contribution in [2.75, 3.05) is 6.54 Å². The van der Waals surface area contributed by atoms with E-state index in [-0.39, 0.29) is 24.6 Å². The Bertz CT molecular complexity index is 1040. The lowest BCUT2D eigenvalue weighted by Gasteiger charge is -2.15. The lowest BCUT2D eigenvalue weighted by Crippen LogP contribution is -2.27. The van der Waals surface area contributed by atoms with E-state index in [1.54, 1.807) is 24.3 Å². The molecule has 1 N–H and O–H groups in total. The van der Waals surface area contributed by atoms with Crippen LogP contribution in [0.15, 0.2) is 72.8 Å². The van der Waals surface area contributed by atoms with Crippen LogP contribution in [0.5, 0.6) is 0 Å². The summed E-state index contributed by atoms with van der Waals surface area (Å²) in [5, 5.41) is 2.59. The van der Waals surface area contributed by atoms with Crippen LogP contribution in [0.2, 0.25) is 0 Å². The number of hydrogen-bond donors (Lipinski definition) is 1. The van der Waals surface area contributed by atoms with Crippen molar-refractivity contribution in [3.63, 3.8) is 0 Å². The molecule has 0 aliphatic carbocycles. The molecule has 0 atom stereocenters. The van der Waals surface area contributed by atoms with Gasteiger partial charge in [0, 0.05) is 12.1 Å². The number of carbonyl (C=O) groups excluding carboxylic acids is 1. The molecule has 2 nitrogen and oxygen atoms in total. The van der Waals surface area contributed by atoms with E-state index in [2.05, 4.69) is 5.32 Å². The molecular formula is C24H19F6NO. The molecule has 0 saturated carbocycles. The van der Waals surface area contributed by atoms with E-state index in [0.29, 0.717) is 24.1 Å². The number of alkyl halides is 6. The van der Waals surface area contributed by atoms with Gasteiger partial charge in [-0.1, -0.05) is 48.5 Å². The summed E-state index contributed by atoms with van der Waals surface area (Å²) in [6.07, 6.45) is -9.49. The summed E-state index contributed by atoms with van der Waals surface area (Å²) in [5.41, 5.74) is -0.754. The molecule has 0 aliphatic heterocycles. The smallest absolute Gasteiger partial charge is 0.352 e. The molecule has 0 saturated heterocycles. The second-order valence-electron chi connectivity index (χ2n) is 7.24. The van der Waals surface area contributed by atoms with Crippen molar-refractivity contribution in [1.82, 2.24) is 5.32 Å². The van der Waals surface area contributed by atoms with E-state index in [4.69, 9.17) is 0 Å². The van der Waals surface area contributed by atoms with E-state index in [0.717, 1.165) is 11.1 Å². The largest absolute Gasteiger partial charge is 0.416 e. The third-order valence-electron chi connectivity index (χ3n) is 4.85. The number of amides is 1. The predicted molar refractivity (Wildman–Crippen MR) is 108 cm³/mol. The van der Waals surface area contributed by atoms with Gasteiger partial charge in [0.25, 0.3) is 5.91 Å². The quantitative estimate of drug-likeness (QED) is 0.439. The highest BCUT2D eigenvalue weighted by atomic mass is 19.4. The van der Waals surface area contributed by atoms with Crippen molar-refractivity contribution in [2.24, 2.45) is 0 Å². The Labute approximate surface area is 180 Å². The zero-order valence-electron chi connectivity index (χ0n) is 16.7. The van der Waals surface area contributed by atoms with Crippen LogP contribution in [-0.2, 0) is 25.2 Å². The van der Waals surface area contributed by atoms with Crippen LogP contribution in [0.1, 0.15) is 38.2 Å². The Kier molecular flexibility index (Phi) is 6.91. The molecule has 0 aliphatic rings. The molecule has 1 amide bonds. The highest BCUT2D eigenvalue weighted by Gasteiger charge is 2.36. The van der Waals surface area contributed by atoms with Crippen LogP contribution in [0.4, 0.5) is 26.3 Å². The van der Waals surface area contributed by atoms with Crippen LogP contribution >= 0.6 is 0 Å². The molecule has 0 fully saturated rings. The maximum Gasteiger partial charge on any atom is 0.416 e. The van der Waals surface area contributed by atoms with Gasteiger partial charge in [0.05, 0.1) is 11.1 Å². The molecule has 0 heterocycles. The Morgan fingerprint density at radius 1 is 0.719 bits per heavy atom. The van der Waals surface area contributed by atoms with Crippen molar-refractivity contribution >= 4 is 5.91 Å². The van der Waals surface area contributed by atoms with Gasteiger partial charge in [0.15, 0.2) is 0 Å². The molecule has 0 radical (unpaired) electrons. The Hall–Kier alpha value is -3.29. The van der Waals surface area contributed by atoms with Gasteiger partial charge in [-0.2, -0.15) is 26.3 Å². The molecule has 3 rings (SSSR count). The zero-order chi connectivity index (χ0) is 23.4. The highest BCUT2D eigenvalue weighted by molar-refractivity contribution is 5.95. The van der Waals surface area contributed by atoms with Gasteiger partial charge < -0.3 is 5.32 Å². The molecule has 32 heavy (non-hydrogen) atoms. The highest BCUT2D eigenvalue weighted by Crippen LogP contribution is 2.36. The molecule has 8 heteroatoms. The van der Waals surface area contributed by atoms with E-state index in [1.807, 2.05) is 30.3 Å². The van der Waals surface area contributed by atoms with Gasteiger partial charge >= 0.3 is 12.4 Å². The number of halogens is 6. The van der Waals surface area contributed by atoms with Gasteiger partial charge in [-0.15, -0.1) is 0 Å². The monoisotopic (exact) mass is 451 g/mol. The minimum absolute atomic E-state index is 0.0852. The number of benzene rings is 3. The Morgan fingerprint density at radius 2 is 1.28 bits per heavy atom. The van der Waals surface area contributed by atoms with Crippen LogP contribution in [0.25, 0.3) is 0 Å². The van der Waals surface area contributed by atoms with E-state index >= 15 is 0 Å². The van der Waals surface area contributed by atoms with Crippen molar-refractivity contribution in [1.29, 1.82) is 0 Å². The maximum absolute atomic E-state index is 13.0. The lowest BCUT2D eigenvalue weighted by atomic mass is 9.99. The minimum atomic E-state index is -4.91. The first-order valence-electron chi connectivity index (χ1n) is 9.72. The summed E-state index contributed by atoms with van der Waals surface area (Å²) in [6, 6.07) is 17.8. The van der Waals surface area contributed by atoms with Gasteiger partial charge in [-0.3, -0.25) is 4.79 Å². The molecule has 0 aromatic heterocycles. The molecule has 3 aromatic rings.